The SMILES string of the molecule is CCc1ccccc1NC(=O)c1nc(C(=O)NC(C)CC)n2ccccc12. The molecule has 0 fully saturated rings. The lowest BCUT2D eigenvalue weighted by Gasteiger charge is -2.10. The number of benzene rings is 1. The Labute approximate surface area is 158 Å². The van der Waals surface area contributed by atoms with Crippen molar-refractivity contribution in [2.45, 2.75) is 39.7 Å². The van der Waals surface area contributed by atoms with Gasteiger partial charge in [0.25, 0.3) is 11.8 Å². The Morgan fingerprint density at radius 3 is 2.56 bits per heavy atom. The van der Waals surface area contributed by atoms with E-state index in [4.69, 9.17) is 0 Å². The van der Waals surface area contributed by atoms with Crippen LogP contribution in [0.1, 0.15) is 53.9 Å². The summed E-state index contributed by atoms with van der Waals surface area (Å²) in [6, 6.07) is 13.1. The van der Waals surface area contributed by atoms with E-state index in [2.05, 4.69) is 15.6 Å². The summed E-state index contributed by atoms with van der Waals surface area (Å²) in [6.07, 6.45) is 3.36. The third-order valence-corrected chi connectivity index (χ3v) is 4.60. The van der Waals surface area contributed by atoms with Gasteiger partial charge in [0.05, 0.1) is 5.52 Å². The third-order valence-electron chi connectivity index (χ3n) is 4.60. The lowest BCUT2D eigenvalue weighted by atomic mass is 10.1. The average molecular weight is 364 g/mol. The van der Waals surface area contributed by atoms with Crippen molar-refractivity contribution in [3.63, 3.8) is 0 Å². The summed E-state index contributed by atoms with van der Waals surface area (Å²) >= 11 is 0. The highest BCUT2D eigenvalue weighted by atomic mass is 16.2. The normalized spacial score (nSPS) is 12.0. The van der Waals surface area contributed by atoms with Crippen LogP contribution >= 0.6 is 0 Å². The van der Waals surface area contributed by atoms with Crippen molar-refractivity contribution >= 4 is 23.0 Å². The number of nitrogens with zero attached hydrogens (tertiary/aromatic N) is 2. The molecule has 0 spiro atoms. The van der Waals surface area contributed by atoms with Crippen molar-refractivity contribution in [3.05, 3.63) is 65.7 Å². The average Bonchev–Trinajstić information content (AvgIpc) is 3.08. The maximum absolute atomic E-state index is 12.9. The number of fused-ring (bicyclic) bond motifs is 1. The molecule has 1 unspecified atom stereocenters. The highest BCUT2D eigenvalue weighted by molar-refractivity contribution is 6.09. The molecule has 0 radical (unpaired) electrons. The summed E-state index contributed by atoms with van der Waals surface area (Å²) in [7, 11) is 0. The van der Waals surface area contributed by atoms with Crippen LogP contribution in [-0.2, 0) is 6.42 Å². The minimum atomic E-state index is -0.331. The largest absolute Gasteiger partial charge is 0.347 e. The van der Waals surface area contributed by atoms with Gasteiger partial charge in [-0.15, -0.1) is 0 Å². The highest BCUT2D eigenvalue weighted by Gasteiger charge is 2.22. The molecule has 0 saturated heterocycles. The highest BCUT2D eigenvalue weighted by Crippen LogP contribution is 2.19. The molecule has 6 heteroatoms. The van der Waals surface area contributed by atoms with Gasteiger partial charge >= 0.3 is 0 Å². The molecule has 2 heterocycles. The lowest BCUT2D eigenvalue weighted by Crippen LogP contribution is -2.33. The fourth-order valence-corrected chi connectivity index (χ4v) is 2.89. The quantitative estimate of drug-likeness (QED) is 0.701. The van der Waals surface area contributed by atoms with Crippen molar-refractivity contribution in [3.8, 4) is 0 Å². The van der Waals surface area contributed by atoms with Crippen LogP contribution in [0.3, 0.4) is 0 Å². The molecule has 0 aliphatic carbocycles. The van der Waals surface area contributed by atoms with Crippen molar-refractivity contribution in [2.24, 2.45) is 0 Å². The molecule has 0 saturated carbocycles. The molecule has 140 valence electrons. The second-order valence-corrected chi connectivity index (χ2v) is 6.49. The van der Waals surface area contributed by atoms with Crippen LogP contribution in [0, 0.1) is 0 Å². The van der Waals surface area contributed by atoms with Crippen molar-refractivity contribution < 1.29 is 9.59 Å². The Balaban J connectivity index is 1.97. The van der Waals surface area contributed by atoms with E-state index in [0.717, 1.165) is 24.1 Å². The summed E-state index contributed by atoms with van der Waals surface area (Å²) in [6.45, 7) is 5.97. The van der Waals surface area contributed by atoms with Gasteiger partial charge in [-0.1, -0.05) is 38.1 Å². The van der Waals surface area contributed by atoms with E-state index in [1.807, 2.05) is 57.2 Å². The molecule has 27 heavy (non-hydrogen) atoms. The number of pyridine rings is 1. The van der Waals surface area contributed by atoms with Gasteiger partial charge in [-0.2, -0.15) is 0 Å². The summed E-state index contributed by atoms with van der Waals surface area (Å²) in [5.41, 5.74) is 2.63. The summed E-state index contributed by atoms with van der Waals surface area (Å²) in [5, 5.41) is 5.83. The topological polar surface area (TPSA) is 75.5 Å². The molecular formula is C21H24N4O2. The fraction of sp³-hybridized carbons (Fsp3) is 0.286. The van der Waals surface area contributed by atoms with Gasteiger partial charge in [-0.25, -0.2) is 4.98 Å². The number of anilines is 1. The van der Waals surface area contributed by atoms with Gasteiger partial charge in [-0.05, 0) is 43.5 Å². The summed E-state index contributed by atoms with van der Waals surface area (Å²) in [5.74, 6) is -0.416. The van der Waals surface area contributed by atoms with Gasteiger partial charge in [0.1, 0.15) is 0 Å². The minimum absolute atomic E-state index is 0.0299. The van der Waals surface area contributed by atoms with Crippen LogP contribution in [0.15, 0.2) is 48.7 Å². The maximum Gasteiger partial charge on any atom is 0.287 e. The number of aryl methyl sites for hydroxylation is 1. The van der Waals surface area contributed by atoms with Gasteiger partial charge < -0.3 is 10.6 Å². The van der Waals surface area contributed by atoms with Crippen LogP contribution < -0.4 is 10.6 Å². The van der Waals surface area contributed by atoms with Gasteiger partial charge in [-0.3, -0.25) is 14.0 Å². The Kier molecular flexibility index (Phi) is 5.54. The van der Waals surface area contributed by atoms with Gasteiger partial charge in [0.2, 0.25) is 5.82 Å². The molecule has 6 nitrogen and oxygen atoms in total. The standard InChI is InChI=1S/C21H24N4O2/c1-4-14(3)22-21(27)19-24-18(17-12-8-9-13-25(17)19)20(26)23-16-11-7-6-10-15(16)5-2/h6-14H,4-5H2,1-3H3,(H,22,27)(H,23,26). The molecule has 0 aliphatic rings. The zero-order chi connectivity index (χ0) is 19.4. The Hall–Kier alpha value is -3.15. The predicted octanol–water partition coefficient (Wildman–Crippen LogP) is 3.68. The smallest absolute Gasteiger partial charge is 0.287 e. The van der Waals surface area contributed by atoms with Crippen LogP contribution in [0.4, 0.5) is 5.69 Å². The number of para-hydroxylation sites is 1. The molecule has 3 aromatic rings. The van der Waals surface area contributed by atoms with E-state index < -0.39 is 0 Å². The van der Waals surface area contributed by atoms with Crippen molar-refractivity contribution in [1.29, 1.82) is 0 Å². The molecule has 0 bridgehead atoms. The summed E-state index contributed by atoms with van der Waals surface area (Å²) in [4.78, 5) is 29.9. The van der Waals surface area contributed by atoms with E-state index in [9.17, 15) is 9.59 Å². The van der Waals surface area contributed by atoms with Crippen LogP contribution in [0.25, 0.3) is 5.52 Å². The van der Waals surface area contributed by atoms with Crippen LogP contribution in [0.2, 0.25) is 0 Å². The number of carbonyl (C=O) groups excluding carboxylic acids is 2. The van der Waals surface area contributed by atoms with E-state index in [1.165, 1.54) is 0 Å². The van der Waals surface area contributed by atoms with Crippen molar-refractivity contribution in [1.82, 2.24) is 14.7 Å². The number of nitrogens with one attached hydrogen (secondary N) is 2. The molecule has 3 rings (SSSR count). The third kappa shape index (κ3) is 3.84. The molecular weight excluding hydrogens is 340 g/mol. The minimum Gasteiger partial charge on any atom is -0.347 e. The van der Waals surface area contributed by atoms with E-state index in [-0.39, 0.29) is 29.4 Å². The van der Waals surface area contributed by atoms with Gasteiger partial charge in [0.15, 0.2) is 5.69 Å². The molecule has 2 N–H and O–H groups in total. The Morgan fingerprint density at radius 1 is 1.07 bits per heavy atom. The molecule has 0 aliphatic heterocycles. The number of amides is 2. The van der Waals surface area contributed by atoms with Crippen molar-refractivity contribution in [2.75, 3.05) is 5.32 Å². The first-order chi connectivity index (χ1) is 13.0. The molecule has 1 aromatic carbocycles. The number of aromatic nitrogens is 2. The molecule has 2 amide bonds. The number of hydrogen-bond acceptors (Lipinski definition) is 3. The predicted molar refractivity (Wildman–Crippen MR) is 106 cm³/mol. The zero-order valence-corrected chi connectivity index (χ0v) is 15.8. The zero-order valence-electron chi connectivity index (χ0n) is 15.8. The van der Waals surface area contributed by atoms with E-state index in [1.54, 1.807) is 16.7 Å². The summed E-state index contributed by atoms with van der Waals surface area (Å²) < 4.78 is 1.65. The monoisotopic (exact) mass is 364 g/mol. The number of rotatable bonds is 6. The number of imidazole rings is 1. The van der Waals surface area contributed by atoms with Gasteiger partial charge in [0, 0.05) is 17.9 Å². The maximum atomic E-state index is 12.9. The second kappa shape index (κ2) is 8.03. The molecule has 1 atom stereocenters. The lowest BCUT2D eigenvalue weighted by molar-refractivity contribution is 0.0928. The van der Waals surface area contributed by atoms with Crippen LogP contribution in [0.5, 0.6) is 0 Å². The van der Waals surface area contributed by atoms with E-state index in [0.29, 0.717) is 5.52 Å². The number of hydrogen-bond donors (Lipinski definition) is 2. The molecule has 2 aromatic heterocycles. The fourth-order valence-electron chi connectivity index (χ4n) is 2.89. The first-order valence-corrected chi connectivity index (χ1v) is 9.22. The first kappa shape index (κ1) is 18.6. The second-order valence-electron chi connectivity index (χ2n) is 6.49. The number of carbonyl (C=O) groups is 2. The Morgan fingerprint density at radius 2 is 1.81 bits per heavy atom. The Bertz CT molecular complexity index is 977. The van der Waals surface area contributed by atoms with Crippen LogP contribution in [-0.4, -0.2) is 27.2 Å². The first-order valence-electron chi connectivity index (χ1n) is 9.22. The van der Waals surface area contributed by atoms with E-state index >= 15 is 0 Å².